The highest BCUT2D eigenvalue weighted by Crippen LogP contribution is 2.24. The average Bonchev–Trinajstić information content (AvgIpc) is 2.29. The van der Waals surface area contributed by atoms with Crippen LogP contribution in [0.25, 0.3) is 0 Å². The number of benzene rings is 1. The monoisotopic (exact) mass is 257 g/mol. The van der Waals surface area contributed by atoms with Crippen molar-refractivity contribution in [1.82, 2.24) is 4.31 Å². The lowest BCUT2D eigenvalue weighted by Gasteiger charge is -2.20. The summed E-state index contributed by atoms with van der Waals surface area (Å²) in [5.41, 5.74) is 0. The van der Waals surface area contributed by atoms with Gasteiger partial charge in [-0.25, -0.2) is 12.7 Å². The lowest BCUT2D eigenvalue weighted by molar-refractivity contribution is 0.389. The van der Waals surface area contributed by atoms with Crippen LogP contribution in [0.4, 0.5) is 0 Å². The van der Waals surface area contributed by atoms with Crippen molar-refractivity contribution < 1.29 is 13.5 Å². The van der Waals surface area contributed by atoms with Gasteiger partial charge in [0, 0.05) is 13.6 Å². The highest BCUT2D eigenvalue weighted by atomic mass is 32.2. The van der Waals surface area contributed by atoms with E-state index in [2.05, 4.69) is 0 Å². The number of rotatable bonds is 5. The number of sulfonamides is 1. The molecule has 0 radical (unpaired) electrons. The Morgan fingerprint density at radius 2 is 1.94 bits per heavy atom. The molecule has 0 saturated carbocycles. The fourth-order valence-electron chi connectivity index (χ4n) is 1.51. The van der Waals surface area contributed by atoms with Crippen molar-refractivity contribution in [2.75, 3.05) is 13.6 Å². The molecule has 0 aliphatic rings. The molecule has 1 rings (SSSR count). The molecule has 4 nitrogen and oxygen atoms in total. The molecule has 0 aliphatic heterocycles. The number of phenolic OH excluding ortho intramolecular Hbond substituents is 1. The quantitative estimate of drug-likeness (QED) is 0.878. The van der Waals surface area contributed by atoms with Gasteiger partial charge in [0.15, 0.2) is 0 Å². The summed E-state index contributed by atoms with van der Waals surface area (Å²) in [5.74, 6) is 0.0872. The molecule has 1 aromatic carbocycles. The van der Waals surface area contributed by atoms with Crippen LogP contribution in [0.1, 0.15) is 20.3 Å². The number of hydrogen-bond donors (Lipinski definition) is 1. The largest absolute Gasteiger partial charge is 0.507 e. The van der Waals surface area contributed by atoms with Crippen LogP contribution in [0.15, 0.2) is 29.2 Å². The predicted octanol–water partition coefficient (Wildman–Crippen LogP) is 2.06. The van der Waals surface area contributed by atoms with E-state index in [9.17, 15) is 13.5 Å². The number of hydrogen-bond acceptors (Lipinski definition) is 3. The van der Waals surface area contributed by atoms with Crippen LogP contribution in [-0.4, -0.2) is 31.4 Å². The lowest BCUT2D eigenvalue weighted by atomic mass is 10.1. The van der Waals surface area contributed by atoms with Gasteiger partial charge in [-0.2, -0.15) is 0 Å². The van der Waals surface area contributed by atoms with Crippen LogP contribution >= 0.6 is 0 Å². The molecular formula is C12H19NO3S. The molecule has 0 fully saturated rings. The Balaban J connectivity index is 3.00. The van der Waals surface area contributed by atoms with Crippen LogP contribution in [-0.2, 0) is 10.0 Å². The normalized spacial score (nSPS) is 13.9. The molecule has 5 heteroatoms. The zero-order valence-corrected chi connectivity index (χ0v) is 11.2. The van der Waals surface area contributed by atoms with Crippen LogP contribution in [0.5, 0.6) is 5.75 Å². The maximum absolute atomic E-state index is 12.2. The SMILES string of the molecule is CCC(C)CN(C)S(=O)(=O)c1ccccc1O. The van der Waals surface area contributed by atoms with Gasteiger partial charge in [0.2, 0.25) is 10.0 Å². The van der Waals surface area contributed by atoms with Gasteiger partial charge in [-0.1, -0.05) is 32.4 Å². The van der Waals surface area contributed by atoms with E-state index in [0.717, 1.165) is 6.42 Å². The van der Waals surface area contributed by atoms with E-state index in [1.54, 1.807) is 12.1 Å². The summed E-state index contributed by atoms with van der Waals surface area (Å²) in [4.78, 5) is -0.0363. The van der Waals surface area contributed by atoms with E-state index in [-0.39, 0.29) is 10.6 Å². The Morgan fingerprint density at radius 3 is 2.47 bits per heavy atom. The summed E-state index contributed by atoms with van der Waals surface area (Å²) in [7, 11) is -2.06. The number of aromatic hydroxyl groups is 1. The zero-order chi connectivity index (χ0) is 13.1. The topological polar surface area (TPSA) is 57.6 Å². The van der Waals surface area contributed by atoms with Gasteiger partial charge in [-0.3, -0.25) is 0 Å². The summed E-state index contributed by atoms with van der Waals surface area (Å²) in [6.07, 6.45) is 0.917. The molecule has 1 aromatic rings. The van der Waals surface area contributed by atoms with Gasteiger partial charge in [0.05, 0.1) is 0 Å². The van der Waals surface area contributed by atoms with Crippen molar-refractivity contribution >= 4 is 10.0 Å². The summed E-state index contributed by atoms with van der Waals surface area (Å²) in [5, 5.41) is 9.58. The molecule has 17 heavy (non-hydrogen) atoms. The molecule has 1 N–H and O–H groups in total. The Labute approximate surface area is 103 Å². The molecule has 0 bridgehead atoms. The van der Waals surface area contributed by atoms with Crippen molar-refractivity contribution in [2.24, 2.45) is 5.92 Å². The third kappa shape index (κ3) is 3.20. The summed E-state index contributed by atoms with van der Waals surface area (Å²) in [6.45, 7) is 4.47. The molecule has 0 saturated heterocycles. The molecule has 96 valence electrons. The zero-order valence-electron chi connectivity index (χ0n) is 10.4. The minimum Gasteiger partial charge on any atom is -0.507 e. The van der Waals surface area contributed by atoms with Crippen molar-refractivity contribution in [3.05, 3.63) is 24.3 Å². The standard InChI is InChI=1S/C12H19NO3S/c1-4-10(2)9-13(3)17(15,16)12-8-6-5-7-11(12)14/h5-8,10,14H,4,9H2,1-3H3. The summed E-state index contributed by atoms with van der Waals surface area (Å²) in [6, 6.07) is 5.99. The molecule has 1 atom stereocenters. The van der Waals surface area contributed by atoms with Crippen molar-refractivity contribution in [3.8, 4) is 5.75 Å². The Morgan fingerprint density at radius 1 is 1.35 bits per heavy atom. The molecule has 0 heterocycles. The summed E-state index contributed by atoms with van der Waals surface area (Å²) >= 11 is 0. The van der Waals surface area contributed by atoms with Crippen LogP contribution in [0.3, 0.4) is 0 Å². The molecule has 0 aromatic heterocycles. The van der Waals surface area contributed by atoms with Crippen LogP contribution in [0.2, 0.25) is 0 Å². The smallest absolute Gasteiger partial charge is 0.246 e. The Bertz CT molecular complexity index is 470. The average molecular weight is 257 g/mol. The number of phenols is 1. The first kappa shape index (κ1) is 14.0. The van der Waals surface area contributed by atoms with Crippen molar-refractivity contribution in [1.29, 1.82) is 0 Å². The van der Waals surface area contributed by atoms with Gasteiger partial charge in [0.25, 0.3) is 0 Å². The van der Waals surface area contributed by atoms with Crippen molar-refractivity contribution in [3.63, 3.8) is 0 Å². The molecule has 0 aliphatic carbocycles. The second kappa shape index (κ2) is 5.51. The third-order valence-corrected chi connectivity index (χ3v) is 4.69. The second-order valence-corrected chi connectivity index (χ2v) is 6.28. The van der Waals surface area contributed by atoms with Gasteiger partial charge in [0.1, 0.15) is 10.6 Å². The molecule has 1 unspecified atom stereocenters. The van der Waals surface area contributed by atoms with Gasteiger partial charge < -0.3 is 5.11 Å². The first-order valence-electron chi connectivity index (χ1n) is 5.64. The molecular weight excluding hydrogens is 238 g/mol. The van der Waals surface area contributed by atoms with E-state index >= 15 is 0 Å². The molecule has 0 amide bonds. The van der Waals surface area contributed by atoms with E-state index in [4.69, 9.17) is 0 Å². The maximum atomic E-state index is 12.2. The van der Waals surface area contributed by atoms with E-state index in [1.165, 1.54) is 23.5 Å². The Hall–Kier alpha value is -1.07. The van der Waals surface area contributed by atoms with Crippen molar-refractivity contribution in [2.45, 2.75) is 25.2 Å². The fraction of sp³-hybridized carbons (Fsp3) is 0.500. The number of nitrogens with zero attached hydrogens (tertiary/aromatic N) is 1. The van der Waals surface area contributed by atoms with Crippen LogP contribution in [0, 0.1) is 5.92 Å². The number of para-hydroxylation sites is 1. The summed E-state index contributed by atoms with van der Waals surface area (Å²) < 4.78 is 25.6. The van der Waals surface area contributed by atoms with Gasteiger partial charge in [-0.05, 0) is 18.1 Å². The first-order chi connectivity index (χ1) is 7.89. The fourth-order valence-corrected chi connectivity index (χ4v) is 2.88. The first-order valence-corrected chi connectivity index (χ1v) is 7.08. The van der Waals surface area contributed by atoms with Gasteiger partial charge >= 0.3 is 0 Å². The Kier molecular flexibility index (Phi) is 4.54. The van der Waals surface area contributed by atoms with E-state index in [1.807, 2.05) is 13.8 Å². The highest BCUT2D eigenvalue weighted by Gasteiger charge is 2.24. The lowest BCUT2D eigenvalue weighted by Crippen LogP contribution is -2.31. The van der Waals surface area contributed by atoms with Gasteiger partial charge in [-0.15, -0.1) is 0 Å². The highest BCUT2D eigenvalue weighted by molar-refractivity contribution is 7.89. The third-order valence-electron chi connectivity index (χ3n) is 2.82. The van der Waals surface area contributed by atoms with Crippen LogP contribution < -0.4 is 0 Å². The minimum absolute atomic E-state index is 0.0363. The predicted molar refractivity (Wildman–Crippen MR) is 67.4 cm³/mol. The van der Waals surface area contributed by atoms with E-state index < -0.39 is 10.0 Å². The van der Waals surface area contributed by atoms with E-state index in [0.29, 0.717) is 12.5 Å². The maximum Gasteiger partial charge on any atom is 0.246 e. The second-order valence-electron chi connectivity index (χ2n) is 4.27. The minimum atomic E-state index is -3.59. The molecule has 0 spiro atoms.